The molecule has 4 rings (SSSR count). The fourth-order valence-electron chi connectivity index (χ4n) is 3.00. The summed E-state index contributed by atoms with van der Waals surface area (Å²) in [4.78, 5) is 15.5. The van der Waals surface area contributed by atoms with Crippen LogP contribution >= 0.6 is 0 Å². The Morgan fingerprint density at radius 1 is 1.03 bits per heavy atom. The number of nitrogen functional groups attached to an aromatic ring is 1. The second kappa shape index (κ2) is 8.11. The zero-order chi connectivity index (χ0) is 22.0. The van der Waals surface area contributed by atoms with Crippen molar-refractivity contribution in [3.8, 4) is 40.0 Å². The molecule has 0 unspecified atom stereocenters. The molecule has 8 nitrogen and oxygen atoms in total. The summed E-state index contributed by atoms with van der Waals surface area (Å²) in [5.41, 5.74) is 9.01. The maximum Gasteiger partial charge on any atom is 0.335 e. The van der Waals surface area contributed by atoms with Crippen LogP contribution in [0.25, 0.3) is 22.6 Å². The SMILES string of the molecule is Nc1c(-c2ccco2)cc(-c2ccc(O)c(O)c2)nc1OCc1ccc(C(=O)O)cc1. The van der Waals surface area contributed by atoms with E-state index in [9.17, 15) is 15.0 Å². The van der Waals surface area contributed by atoms with Gasteiger partial charge in [0, 0.05) is 11.1 Å². The average molecular weight is 418 g/mol. The van der Waals surface area contributed by atoms with Crippen LogP contribution in [-0.2, 0) is 6.61 Å². The Balaban J connectivity index is 1.71. The summed E-state index contributed by atoms with van der Waals surface area (Å²) in [6.07, 6.45) is 1.52. The number of nitrogens with zero attached hydrogens (tertiary/aromatic N) is 1. The molecule has 0 aliphatic carbocycles. The number of hydrogen-bond acceptors (Lipinski definition) is 7. The van der Waals surface area contributed by atoms with Crippen molar-refractivity contribution in [3.05, 3.63) is 78.1 Å². The second-order valence-electron chi connectivity index (χ2n) is 6.75. The molecule has 0 atom stereocenters. The third-order valence-electron chi connectivity index (χ3n) is 4.66. The Bertz CT molecular complexity index is 1230. The molecule has 0 aliphatic rings. The summed E-state index contributed by atoms with van der Waals surface area (Å²) in [6.45, 7) is 0.110. The minimum atomic E-state index is -1.01. The molecule has 8 heteroatoms. The van der Waals surface area contributed by atoms with Gasteiger partial charge in [0.1, 0.15) is 18.1 Å². The number of anilines is 1. The zero-order valence-corrected chi connectivity index (χ0v) is 16.1. The van der Waals surface area contributed by atoms with Crippen LogP contribution in [0.15, 0.2) is 71.3 Å². The molecule has 2 aromatic carbocycles. The first kappa shape index (κ1) is 19.8. The van der Waals surface area contributed by atoms with E-state index in [1.165, 1.54) is 30.5 Å². The molecule has 31 heavy (non-hydrogen) atoms. The highest BCUT2D eigenvalue weighted by molar-refractivity contribution is 5.87. The molecule has 0 fully saturated rings. The van der Waals surface area contributed by atoms with Crippen LogP contribution in [0.4, 0.5) is 5.69 Å². The first-order chi connectivity index (χ1) is 14.9. The lowest BCUT2D eigenvalue weighted by molar-refractivity contribution is 0.0697. The molecular formula is C23H18N2O6. The number of pyridine rings is 1. The van der Waals surface area contributed by atoms with Gasteiger partial charge in [-0.05, 0) is 54.1 Å². The van der Waals surface area contributed by atoms with Crippen molar-refractivity contribution in [2.45, 2.75) is 6.61 Å². The van der Waals surface area contributed by atoms with Crippen LogP contribution in [0.3, 0.4) is 0 Å². The molecule has 0 spiro atoms. The van der Waals surface area contributed by atoms with Crippen molar-refractivity contribution in [2.75, 3.05) is 5.73 Å². The monoisotopic (exact) mass is 418 g/mol. The van der Waals surface area contributed by atoms with Gasteiger partial charge in [0.15, 0.2) is 11.5 Å². The van der Waals surface area contributed by atoms with Crippen molar-refractivity contribution in [3.63, 3.8) is 0 Å². The van der Waals surface area contributed by atoms with Crippen molar-refractivity contribution >= 4 is 11.7 Å². The largest absolute Gasteiger partial charge is 0.504 e. The molecular weight excluding hydrogens is 400 g/mol. The highest BCUT2D eigenvalue weighted by Gasteiger charge is 2.17. The maximum absolute atomic E-state index is 11.0. The molecule has 0 amide bonds. The van der Waals surface area contributed by atoms with E-state index in [1.807, 2.05) is 0 Å². The Morgan fingerprint density at radius 2 is 1.81 bits per heavy atom. The molecule has 0 radical (unpaired) electrons. The maximum atomic E-state index is 11.0. The number of aromatic hydroxyl groups is 2. The summed E-state index contributed by atoms with van der Waals surface area (Å²) >= 11 is 0. The third-order valence-corrected chi connectivity index (χ3v) is 4.66. The van der Waals surface area contributed by atoms with Crippen LogP contribution in [0.2, 0.25) is 0 Å². The number of benzene rings is 2. The van der Waals surface area contributed by atoms with Gasteiger partial charge in [0.05, 0.1) is 17.5 Å². The number of furan rings is 1. The van der Waals surface area contributed by atoms with E-state index in [0.717, 1.165) is 5.56 Å². The summed E-state index contributed by atoms with van der Waals surface area (Å²) in [6, 6.07) is 15.8. The van der Waals surface area contributed by atoms with Crippen molar-refractivity contribution < 1.29 is 29.3 Å². The Morgan fingerprint density at radius 3 is 2.45 bits per heavy atom. The van der Waals surface area contributed by atoms with E-state index in [2.05, 4.69) is 4.98 Å². The van der Waals surface area contributed by atoms with Gasteiger partial charge >= 0.3 is 5.97 Å². The lowest BCUT2D eigenvalue weighted by atomic mass is 10.1. The van der Waals surface area contributed by atoms with Crippen LogP contribution in [0.1, 0.15) is 15.9 Å². The summed E-state index contributed by atoms with van der Waals surface area (Å²) < 4.78 is 11.3. The number of phenols is 2. The first-order valence-electron chi connectivity index (χ1n) is 9.24. The summed E-state index contributed by atoms with van der Waals surface area (Å²) in [7, 11) is 0. The second-order valence-corrected chi connectivity index (χ2v) is 6.75. The van der Waals surface area contributed by atoms with Crippen LogP contribution in [0, 0.1) is 0 Å². The summed E-state index contributed by atoms with van der Waals surface area (Å²) in [5, 5.41) is 28.5. The number of carboxylic acid groups (broad SMARTS) is 1. The lowest BCUT2D eigenvalue weighted by Crippen LogP contribution is -2.04. The minimum absolute atomic E-state index is 0.110. The van der Waals surface area contributed by atoms with Gasteiger partial charge in [-0.1, -0.05) is 12.1 Å². The van der Waals surface area contributed by atoms with Crippen LogP contribution < -0.4 is 10.5 Å². The number of phenolic OH excluding ortho intramolecular Hbond substituents is 2. The third kappa shape index (κ3) is 4.13. The Labute approximate surface area is 176 Å². The molecule has 0 aliphatic heterocycles. The van der Waals surface area contributed by atoms with Crippen molar-refractivity contribution in [2.24, 2.45) is 0 Å². The van der Waals surface area contributed by atoms with E-state index in [0.29, 0.717) is 22.6 Å². The van der Waals surface area contributed by atoms with E-state index in [1.54, 1.807) is 36.4 Å². The number of carboxylic acids is 1. The fourth-order valence-corrected chi connectivity index (χ4v) is 3.00. The molecule has 0 bridgehead atoms. The highest BCUT2D eigenvalue weighted by Crippen LogP contribution is 2.38. The average Bonchev–Trinajstić information content (AvgIpc) is 3.30. The van der Waals surface area contributed by atoms with Gasteiger partial charge < -0.3 is 30.2 Å². The van der Waals surface area contributed by atoms with Crippen molar-refractivity contribution in [1.82, 2.24) is 4.98 Å². The Kier molecular flexibility index (Phi) is 5.19. The molecule has 156 valence electrons. The highest BCUT2D eigenvalue weighted by atomic mass is 16.5. The van der Waals surface area contributed by atoms with Crippen molar-refractivity contribution in [1.29, 1.82) is 0 Å². The van der Waals surface area contributed by atoms with E-state index >= 15 is 0 Å². The standard InChI is InChI=1S/C23H18N2O6/c24-21-16(20-2-1-9-30-20)11-17(15-7-8-18(26)19(27)10-15)25-22(21)31-12-13-3-5-14(6-4-13)23(28)29/h1-11,26-27H,12,24H2,(H,28,29). The number of carbonyl (C=O) groups is 1. The van der Waals surface area contributed by atoms with E-state index in [4.69, 9.17) is 20.0 Å². The van der Waals surface area contributed by atoms with Gasteiger partial charge in [0.25, 0.3) is 0 Å². The predicted molar refractivity (Wildman–Crippen MR) is 113 cm³/mol. The van der Waals surface area contributed by atoms with Gasteiger partial charge in [0.2, 0.25) is 5.88 Å². The van der Waals surface area contributed by atoms with E-state index < -0.39 is 5.97 Å². The topological polar surface area (TPSA) is 139 Å². The molecule has 2 heterocycles. The number of aromatic nitrogens is 1. The smallest absolute Gasteiger partial charge is 0.335 e. The molecule has 4 aromatic rings. The number of rotatable bonds is 6. The van der Waals surface area contributed by atoms with Gasteiger partial charge in [-0.3, -0.25) is 0 Å². The first-order valence-corrected chi connectivity index (χ1v) is 9.24. The molecule has 5 N–H and O–H groups in total. The zero-order valence-electron chi connectivity index (χ0n) is 16.1. The molecule has 2 aromatic heterocycles. The Hall–Kier alpha value is -4.46. The number of nitrogens with two attached hydrogens (primary N) is 1. The van der Waals surface area contributed by atoms with E-state index in [-0.39, 0.29) is 35.2 Å². The minimum Gasteiger partial charge on any atom is -0.504 e. The molecule has 0 saturated carbocycles. The quantitative estimate of drug-likeness (QED) is 0.340. The number of hydrogen-bond donors (Lipinski definition) is 4. The lowest BCUT2D eigenvalue weighted by Gasteiger charge is -2.14. The fraction of sp³-hybridized carbons (Fsp3) is 0.0435. The van der Waals surface area contributed by atoms with Crippen LogP contribution in [-0.4, -0.2) is 26.3 Å². The normalized spacial score (nSPS) is 10.7. The van der Waals surface area contributed by atoms with Gasteiger partial charge in [-0.25, -0.2) is 9.78 Å². The number of aromatic carboxylic acids is 1. The number of ether oxygens (including phenoxy) is 1. The van der Waals surface area contributed by atoms with Gasteiger partial charge in [-0.2, -0.15) is 0 Å². The summed E-state index contributed by atoms with van der Waals surface area (Å²) in [5.74, 6) is -0.867. The predicted octanol–water partition coefficient (Wildman–Crippen LogP) is 4.28. The van der Waals surface area contributed by atoms with Gasteiger partial charge in [-0.15, -0.1) is 0 Å². The molecule has 0 saturated heterocycles. The van der Waals surface area contributed by atoms with Crippen LogP contribution in [0.5, 0.6) is 17.4 Å².